The summed E-state index contributed by atoms with van der Waals surface area (Å²) in [7, 11) is 1.70. The molecule has 1 saturated carbocycles. The average Bonchev–Trinajstić information content (AvgIpc) is 2.97. The summed E-state index contributed by atoms with van der Waals surface area (Å²) in [6, 6.07) is -0.796. The molecule has 0 radical (unpaired) electrons. The van der Waals surface area contributed by atoms with Crippen LogP contribution in [0.5, 0.6) is 0 Å². The van der Waals surface area contributed by atoms with Gasteiger partial charge in [0.15, 0.2) is 0 Å². The number of amides is 1. The van der Waals surface area contributed by atoms with Crippen LogP contribution in [0.1, 0.15) is 29.6 Å². The Labute approximate surface area is 98.6 Å². The molecular formula is C11H15N3O3. The summed E-state index contributed by atoms with van der Waals surface area (Å²) in [6.07, 6.45) is 5.62. The van der Waals surface area contributed by atoms with Gasteiger partial charge in [0.25, 0.3) is 5.91 Å². The first-order valence-corrected chi connectivity index (χ1v) is 5.58. The Bertz CT molecular complexity index is 437. The summed E-state index contributed by atoms with van der Waals surface area (Å²) in [5.74, 6) is -0.911. The number of hydrogen-bond acceptors (Lipinski definition) is 3. The molecule has 0 spiro atoms. The van der Waals surface area contributed by atoms with Crippen LogP contribution in [0.15, 0.2) is 12.4 Å². The molecule has 0 aliphatic heterocycles. The molecule has 2 rings (SSSR count). The van der Waals surface area contributed by atoms with Crippen LogP contribution in [0.2, 0.25) is 0 Å². The van der Waals surface area contributed by atoms with E-state index in [0.29, 0.717) is 17.9 Å². The normalized spacial score (nSPS) is 16.5. The Morgan fingerprint density at radius 3 is 2.82 bits per heavy atom. The van der Waals surface area contributed by atoms with Gasteiger partial charge in [-0.1, -0.05) is 12.8 Å². The van der Waals surface area contributed by atoms with Gasteiger partial charge < -0.3 is 10.4 Å². The predicted octanol–water partition coefficient (Wildman–Crippen LogP) is 0.403. The molecule has 1 atom stereocenters. The van der Waals surface area contributed by atoms with E-state index in [4.69, 9.17) is 5.11 Å². The van der Waals surface area contributed by atoms with Crippen LogP contribution < -0.4 is 5.32 Å². The zero-order valence-electron chi connectivity index (χ0n) is 9.59. The molecule has 1 amide bonds. The summed E-state index contributed by atoms with van der Waals surface area (Å²) in [4.78, 5) is 22.7. The number of carboxylic acid groups (broad SMARTS) is 1. The van der Waals surface area contributed by atoms with E-state index in [1.54, 1.807) is 13.2 Å². The molecule has 0 aromatic carbocycles. The summed E-state index contributed by atoms with van der Waals surface area (Å²) in [5, 5.41) is 15.4. The van der Waals surface area contributed by atoms with E-state index in [1.165, 1.54) is 10.9 Å². The predicted molar refractivity (Wildman–Crippen MR) is 59.4 cm³/mol. The van der Waals surface area contributed by atoms with E-state index >= 15 is 0 Å². The third-order valence-electron chi connectivity index (χ3n) is 2.84. The third kappa shape index (κ3) is 3.05. The van der Waals surface area contributed by atoms with Crippen molar-refractivity contribution in [3.05, 3.63) is 18.0 Å². The van der Waals surface area contributed by atoms with Crippen LogP contribution >= 0.6 is 0 Å². The van der Waals surface area contributed by atoms with Gasteiger partial charge in [0.1, 0.15) is 6.04 Å². The van der Waals surface area contributed by atoms with Gasteiger partial charge in [-0.2, -0.15) is 5.10 Å². The van der Waals surface area contributed by atoms with Crippen molar-refractivity contribution >= 4 is 11.9 Å². The van der Waals surface area contributed by atoms with Crippen molar-refractivity contribution in [2.45, 2.75) is 25.3 Å². The smallest absolute Gasteiger partial charge is 0.326 e. The Kier molecular flexibility index (Phi) is 3.12. The molecule has 1 aliphatic rings. The fourth-order valence-corrected chi connectivity index (χ4v) is 1.69. The largest absolute Gasteiger partial charge is 0.480 e. The first-order valence-electron chi connectivity index (χ1n) is 5.58. The lowest BCUT2D eigenvalue weighted by molar-refractivity contribution is -0.139. The van der Waals surface area contributed by atoms with Gasteiger partial charge in [-0.25, -0.2) is 4.79 Å². The molecule has 6 nitrogen and oxygen atoms in total. The first kappa shape index (κ1) is 11.6. The second-order valence-electron chi connectivity index (χ2n) is 4.45. The third-order valence-corrected chi connectivity index (χ3v) is 2.84. The Morgan fingerprint density at radius 1 is 1.65 bits per heavy atom. The van der Waals surface area contributed by atoms with Gasteiger partial charge in [0, 0.05) is 13.2 Å². The number of carbonyl (C=O) groups excluding carboxylic acids is 1. The van der Waals surface area contributed by atoms with E-state index in [1.807, 2.05) is 0 Å². The number of aryl methyl sites for hydroxylation is 1. The maximum absolute atomic E-state index is 11.7. The number of hydrogen-bond donors (Lipinski definition) is 2. The van der Waals surface area contributed by atoms with Crippen LogP contribution in [-0.2, 0) is 11.8 Å². The maximum atomic E-state index is 11.7. The SMILES string of the molecule is Cn1cc(C(=O)NC(CC2CC2)C(=O)O)cn1. The maximum Gasteiger partial charge on any atom is 0.326 e. The quantitative estimate of drug-likeness (QED) is 0.776. The molecule has 92 valence electrons. The van der Waals surface area contributed by atoms with Gasteiger partial charge >= 0.3 is 5.97 Å². The Morgan fingerprint density at radius 2 is 2.35 bits per heavy atom. The molecule has 1 aliphatic carbocycles. The van der Waals surface area contributed by atoms with Gasteiger partial charge in [-0.3, -0.25) is 9.48 Å². The minimum absolute atomic E-state index is 0.383. The molecule has 17 heavy (non-hydrogen) atoms. The van der Waals surface area contributed by atoms with Crippen LogP contribution in [-0.4, -0.2) is 32.8 Å². The number of carboxylic acids is 1. The first-order chi connectivity index (χ1) is 8.06. The van der Waals surface area contributed by atoms with Crippen LogP contribution in [0, 0.1) is 5.92 Å². The fraction of sp³-hybridized carbons (Fsp3) is 0.545. The van der Waals surface area contributed by atoms with E-state index in [-0.39, 0.29) is 5.91 Å². The number of rotatable bonds is 5. The molecule has 1 aromatic heterocycles. The highest BCUT2D eigenvalue weighted by molar-refractivity contribution is 5.96. The number of nitrogens with zero attached hydrogens (tertiary/aromatic N) is 2. The van der Waals surface area contributed by atoms with Crippen LogP contribution in [0.25, 0.3) is 0 Å². The Balaban J connectivity index is 1.96. The second kappa shape index (κ2) is 4.57. The molecule has 2 N–H and O–H groups in total. The highest BCUT2D eigenvalue weighted by Crippen LogP contribution is 2.33. The minimum Gasteiger partial charge on any atom is -0.480 e. The molecule has 1 aromatic rings. The highest BCUT2D eigenvalue weighted by Gasteiger charge is 2.30. The standard InChI is InChI=1S/C11H15N3O3/c1-14-6-8(5-12-14)10(15)13-9(11(16)17)4-7-2-3-7/h5-7,9H,2-4H2,1H3,(H,13,15)(H,16,17). The van der Waals surface area contributed by atoms with Gasteiger partial charge in [0.2, 0.25) is 0 Å². The lowest BCUT2D eigenvalue weighted by Gasteiger charge is -2.13. The lowest BCUT2D eigenvalue weighted by atomic mass is 10.1. The summed E-state index contributed by atoms with van der Waals surface area (Å²) in [6.45, 7) is 0. The molecule has 1 fully saturated rings. The molecule has 6 heteroatoms. The Hall–Kier alpha value is -1.85. The van der Waals surface area contributed by atoms with Gasteiger partial charge in [0.05, 0.1) is 11.8 Å². The number of aliphatic carboxylic acids is 1. The molecule has 1 unspecified atom stereocenters. The van der Waals surface area contributed by atoms with Crippen molar-refractivity contribution in [3.63, 3.8) is 0 Å². The fourth-order valence-electron chi connectivity index (χ4n) is 1.69. The zero-order valence-corrected chi connectivity index (χ0v) is 9.59. The molecule has 0 saturated heterocycles. The average molecular weight is 237 g/mol. The monoisotopic (exact) mass is 237 g/mol. The number of nitrogens with one attached hydrogen (secondary N) is 1. The van der Waals surface area contributed by atoms with Crippen LogP contribution in [0.4, 0.5) is 0 Å². The summed E-state index contributed by atoms with van der Waals surface area (Å²) in [5.41, 5.74) is 0.384. The van der Waals surface area contributed by atoms with E-state index < -0.39 is 12.0 Å². The van der Waals surface area contributed by atoms with Crippen molar-refractivity contribution in [2.75, 3.05) is 0 Å². The van der Waals surface area contributed by atoms with E-state index in [9.17, 15) is 9.59 Å². The van der Waals surface area contributed by atoms with Crippen molar-refractivity contribution < 1.29 is 14.7 Å². The highest BCUT2D eigenvalue weighted by atomic mass is 16.4. The van der Waals surface area contributed by atoms with Gasteiger partial charge in [-0.05, 0) is 12.3 Å². The number of carbonyl (C=O) groups is 2. The van der Waals surface area contributed by atoms with Crippen molar-refractivity contribution in [1.82, 2.24) is 15.1 Å². The van der Waals surface area contributed by atoms with Crippen molar-refractivity contribution in [2.24, 2.45) is 13.0 Å². The zero-order chi connectivity index (χ0) is 12.4. The van der Waals surface area contributed by atoms with E-state index in [0.717, 1.165) is 12.8 Å². The second-order valence-corrected chi connectivity index (χ2v) is 4.45. The van der Waals surface area contributed by atoms with E-state index in [2.05, 4.69) is 10.4 Å². The summed E-state index contributed by atoms with van der Waals surface area (Å²) < 4.78 is 1.51. The molecule has 0 bridgehead atoms. The summed E-state index contributed by atoms with van der Waals surface area (Å²) >= 11 is 0. The van der Waals surface area contributed by atoms with Crippen molar-refractivity contribution in [1.29, 1.82) is 0 Å². The van der Waals surface area contributed by atoms with Crippen LogP contribution in [0.3, 0.4) is 0 Å². The van der Waals surface area contributed by atoms with Crippen molar-refractivity contribution in [3.8, 4) is 0 Å². The molecule has 1 heterocycles. The minimum atomic E-state index is -0.978. The lowest BCUT2D eigenvalue weighted by Crippen LogP contribution is -2.41. The van der Waals surface area contributed by atoms with Gasteiger partial charge in [-0.15, -0.1) is 0 Å². The number of aromatic nitrogens is 2. The topological polar surface area (TPSA) is 84.2 Å². The molecular weight excluding hydrogens is 222 g/mol.